The molecular formula is C19H29N3O. The van der Waals surface area contributed by atoms with Crippen molar-refractivity contribution in [1.82, 2.24) is 15.2 Å². The van der Waals surface area contributed by atoms with Crippen molar-refractivity contribution < 1.29 is 4.74 Å². The summed E-state index contributed by atoms with van der Waals surface area (Å²) in [6.45, 7) is 4.09. The van der Waals surface area contributed by atoms with E-state index in [1.54, 1.807) is 0 Å². The summed E-state index contributed by atoms with van der Waals surface area (Å²) in [7, 11) is 0. The number of aryl methyl sites for hydroxylation is 1. The number of morpholine rings is 1. The first-order valence-electron chi connectivity index (χ1n) is 9.42. The number of aromatic nitrogens is 1. The SMILES string of the molecule is c1cnc2c(c1)CCCC2N[C@H]1CC[C@@H](N2CCOCC2)CC1. The molecule has 2 fully saturated rings. The zero-order chi connectivity index (χ0) is 15.5. The molecular weight excluding hydrogens is 286 g/mol. The van der Waals surface area contributed by atoms with E-state index >= 15 is 0 Å². The Hall–Kier alpha value is -0.970. The molecule has 1 saturated heterocycles. The number of rotatable bonds is 3. The fourth-order valence-corrected chi connectivity index (χ4v) is 4.61. The summed E-state index contributed by atoms with van der Waals surface area (Å²) >= 11 is 0. The van der Waals surface area contributed by atoms with Crippen LogP contribution in [-0.4, -0.2) is 48.3 Å². The Bertz CT molecular complexity index is 507. The van der Waals surface area contributed by atoms with E-state index in [9.17, 15) is 0 Å². The van der Waals surface area contributed by atoms with Crippen LogP contribution in [0.2, 0.25) is 0 Å². The topological polar surface area (TPSA) is 37.4 Å². The third-order valence-corrected chi connectivity index (χ3v) is 5.89. The van der Waals surface area contributed by atoms with Crippen molar-refractivity contribution in [2.75, 3.05) is 26.3 Å². The highest BCUT2D eigenvalue weighted by Crippen LogP contribution is 2.31. The molecule has 0 amide bonds. The number of nitrogens with zero attached hydrogens (tertiary/aromatic N) is 2. The Morgan fingerprint density at radius 1 is 1.09 bits per heavy atom. The minimum Gasteiger partial charge on any atom is -0.379 e. The maximum Gasteiger partial charge on any atom is 0.0605 e. The molecule has 3 aliphatic rings. The zero-order valence-electron chi connectivity index (χ0n) is 14.0. The molecule has 1 aromatic rings. The third-order valence-electron chi connectivity index (χ3n) is 5.89. The summed E-state index contributed by atoms with van der Waals surface area (Å²) in [5.41, 5.74) is 2.77. The summed E-state index contributed by atoms with van der Waals surface area (Å²) < 4.78 is 5.48. The second kappa shape index (κ2) is 7.29. The molecule has 23 heavy (non-hydrogen) atoms. The van der Waals surface area contributed by atoms with Crippen molar-refractivity contribution in [3.8, 4) is 0 Å². The fraction of sp³-hybridized carbons (Fsp3) is 0.737. The van der Waals surface area contributed by atoms with E-state index in [4.69, 9.17) is 4.74 Å². The minimum absolute atomic E-state index is 0.477. The Kier molecular flexibility index (Phi) is 4.93. The van der Waals surface area contributed by atoms with Crippen LogP contribution in [-0.2, 0) is 11.2 Å². The molecule has 1 aromatic heterocycles. The van der Waals surface area contributed by atoms with Crippen molar-refractivity contribution in [2.24, 2.45) is 0 Å². The second-order valence-corrected chi connectivity index (χ2v) is 7.31. The van der Waals surface area contributed by atoms with Gasteiger partial charge in [0.25, 0.3) is 0 Å². The van der Waals surface area contributed by atoms with Gasteiger partial charge in [0.05, 0.1) is 18.9 Å². The molecule has 4 heteroatoms. The number of hydrogen-bond acceptors (Lipinski definition) is 4. The molecule has 1 N–H and O–H groups in total. The average Bonchev–Trinajstić information content (AvgIpc) is 2.63. The van der Waals surface area contributed by atoms with E-state index in [1.165, 1.54) is 56.2 Å². The first-order valence-corrected chi connectivity index (χ1v) is 9.42. The van der Waals surface area contributed by atoms with Gasteiger partial charge in [-0.15, -0.1) is 0 Å². The molecule has 1 aliphatic heterocycles. The fourth-order valence-electron chi connectivity index (χ4n) is 4.61. The summed E-state index contributed by atoms with van der Waals surface area (Å²) in [4.78, 5) is 7.32. The van der Waals surface area contributed by atoms with Crippen molar-refractivity contribution in [2.45, 2.75) is 63.1 Å². The van der Waals surface area contributed by atoms with Crippen LogP contribution >= 0.6 is 0 Å². The van der Waals surface area contributed by atoms with E-state index in [1.807, 2.05) is 6.20 Å². The molecule has 0 spiro atoms. The molecule has 126 valence electrons. The zero-order valence-corrected chi connectivity index (χ0v) is 14.0. The molecule has 0 radical (unpaired) electrons. The van der Waals surface area contributed by atoms with Crippen LogP contribution in [0.4, 0.5) is 0 Å². The van der Waals surface area contributed by atoms with Gasteiger partial charge in [0, 0.05) is 37.4 Å². The van der Waals surface area contributed by atoms with Gasteiger partial charge in [0.15, 0.2) is 0 Å². The van der Waals surface area contributed by atoms with Gasteiger partial charge in [-0.3, -0.25) is 9.88 Å². The van der Waals surface area contributed by atoms with Crippen LogP contribution in [0.25, 0.3) is 0 Å². The Labute approximate surface area is 139 Å². The summed E-state index contributed by atoms with van der Waals surface area (Å²) in [5.74, 6) is 0. The summed E-state index contributed by atoms with van der Waals surface area (Å²) in [6.07, 6.45) is 11.0. The maximum absolute atomic E-state index is 5.48. The van der Waals surface area contributed by atoms with Gasteiger partial charge in [-0.25, -0.2) is 0 Å². The Balaban J connectivity index is 1.31. The second-order valence-electron chi connectivity index (χ2n) is 7.31. The number of nitrogens with one attached hydrogen (secondary N) is 1. The van der Waals surface area contributed by atoms with Gasteiger partial charge in [-0.05, 0) is 56.6 Å². The smallest absolute Gasteiger partial charge is 0.0605 e. The van der Waals surface area contributed by atoms with E-state index < -0.39 is 0 Å². The molecule has 1 atom stereocenters. The quantitative estimate of drug-likeness (QED) is 0.930. The lowest BCUT2D eigenvalue weighted by Gasteiger charge is -2.40. The molecule has 1 saturated carbocycles. The number of hydrogen-bond donors (Lipinski definition) is 1. The van der Waals surface area contributed by atoms with Crippen LogP contribution < -0.4 is 5.32 Å². The molecule has 0 aromatic carbocycles. The standard InChI is InChI=1S/C19H29N3O/c1-3-15-4-2-10-20-19(15)18(5-1)21-16-6-8-17(9-7-16)22-11-13-23-14-12-22/h2,4,10,16-18,21H,1,3,5-9,11-14H2/t16-,17+,18?. The Morgan fingerprint density at radius 2 is 1.91 bits per heavy atom. The molecule has 4 rings (SSSR count). The van der Waals surface area contributed by atoms with Gasteiger partial charge in [0.2, 0.25) is 0 Å². The monoisotopic (exact) mass is 315 g/mol. The first-order chi connectivity index (χ1) is 11.4. The summed E-state index contributed by atoms with van der Waals surface area (Å²) in [5, 5.41) is 3.93. The number of fused-ring (bicyclic) bond motifs is 1. The lowest BCUT2D eigenvalue weighted by Crippen LogP contribution is -2.47. The normalized spacial score (nSPS) is 32.4. The predicted molar refractivity (Wildman–Crippen MR) is 91.5 cm³/mol. The first kappa shape index (κ1) is 15.6. The van der Waals surface area contributed by atoms with Crippen LogP contribution in [0, 0.1) is 0 Å². The average molecular weight is 315 g/mol. The molecule has 0 bridgehead atoms. The molecule has 4 nitrogen and oxygen atoms in total. The van der Waals surface area contributed by atoms with E-state index in [0.29, 0.717) is 12.1 Å². The molecule has 1 unspecified atom stereocenters. The third kappa shape index (κ3) is 3.59. The van der Waals surface area contributed by atoms with Gasteiger partial charge in [-0.2, -0.15) is 0 Å². The Morgan fingerprint density at radius 3 is 2.74 bits per heavy atom. The van der Waals surface area contributed by atoms with Crippen molar-refractivity contribution >= 4 is 0 Å². The summed E-state index contributed by atoms with van der Waals surface area (Å²) in [6, 6.07) is 6.27. The van der Waals surface area contributed by atoms with Gasteiger partial charge < -0.3 is 10.1 Å². The predicted octanol–water partition coefficient (Wildman–Crippen LogP) is 2.69. The van der Waals surface area contributed by atoms with E-state index in [0.717, 1.165) is 32.3 Å². The van der Waals surface area contributed by atoms with Crippen molar-refractivity contribution in [3.05, 3.63) is 29.6 Å². The van der Waals surface area contributed by atoms with Crippen LogP contribution in [0.3, 0.4) is 0 Å². The largest absolute Gasteiger partial charge is 0.379 e. The van der Waals surface area contributed by atoms with Crippen LogP contribution in [0.5, 0.6) is 0 Å². The lowest BCUT2D eigenvalue weighted by atomic mass is 9.87. The van der Waals surface area contributed by atoms with Gasteiger partial charge >= 0.3 is 0 Å². The number of pyridine rings is 1. The number of ether oxygens (including phenoxy) is 1. The van der Waals surface area contributed by atoms with E-state index in [2.05, 4.69) is 27.3 Å². The maximum atomic E-state index is 5.48. The van der Waals surface area contributed by atoms with E-state index in [-0.39, 0.29) is 0 Å². The van der Waals surface area contributed by atoms with Crippen LogP contribution in [0.1, 0.15) is 55.8 Å². The van der Waals surface area contributed by atoms with Crippen molar-refractivity contribution in [1.29, 1.82) is 0 Å². The highest BCUT2D eigenvalue weighted by atomic mass is 16.5. The highest BCUT2D eigenvalue weighted by Gasteiger charge is 2.29. The van der Waals surface area contributed by atoms with Gasteiger partial charge in [0.1, 0.15) is 0 Å². The lowest BCUT2D eigenvalue weighted by molar-refractivity contribution is 0.00618. The minimum atomic E-state index is 0.477. The molecule has 2 aliphatic carbocycles. The molecule has 2 heterocycles. The highest BCUT2D eigenvalue weighted by molar-refractivity contribution is 5.25. The van der Waals surface area contributed by atoms with Crippen LogP contribution in [0.15, 0.2) is 18.3 Å². The van der Waals surface area contributed by atoms with Crippen molar-refractivity contribution in [3.63, 3.8) is 0 Å². The van der Waals surface area contributed by atoms with Gasteiger partial charge in [-0.1, -0.05) is 6.07 Å².